The van der Waals surface area contributed by atoms with E-state index in [9.17, 15) is 14.4 Å². The number of carbonyl (C=O) groups is 3. The molecule has 0 saturated heterocycles. The van der Waals surface area contributed by atoms with Crippen LogP contribution in [0.3, 0.4) is 0 Å². The Morgan fingerprint density at radius 3 is 2.56 bits per heavy atom. The van der Waals surface area contributed by atoms with Crippen LogP contribution in [0.1, 0.15) is 51.6 Å². The summed E-state index contributed by atoms with van der Waals surface area (Å²) in [5.74, 6) is -1.61. The van der Waals surface area contributed by atoms with Gasteiger partial charge in [0.05, 0.1) is 12.1 Å². The van der Waals surface area contributed by atoms with E-state index < -0.39 is 17.9 Å². The van der Waals surface area contributed by atoms with Crippen LogP contribution < -0.4 is 10.6 Å². The van der Waals surface area contributed by atoms with Crippen molar-refractivity contribution < 1.29 is 19.5 Å². The Kier molecular flexibility index (Phi) is 6.92. The standard InChI is InChI=1S/C17H25N3O4S/c1-10(2)14(16(23)24)19-13(21)8-12-9-25-17(18-12)20-15(22)11-6-4-3-5-7-11/h9-11,14H,3-8H2,1-2H3,(H,19,21)(H,23,24)(H,18,20,22). The molecule has 138 valence electrons. The van der Waals surface area contributed by atoms with Crippen molar-refractivity contribution in [2.75, 3.05) is 5.32 Å². The van der Waals surface area contributed by atoms with Crippen LogP contribution in [0.25, 0.3) is 0 Å². The monoisotopic (exact) mass is 367 g/mol. The second-order valence-electron chi connectivity index (χ2n) is 6.77. The van der Waals surface area contributed by atoms with E-state index in [1.165, 1.54) is 17.8 Å². The molecule has 0 radical (unpaired) electrons. The SMILES string of the molecule is CC(C)C(NC(=O)Cc1csc(NC(=O)C2CCCCC2)n1)C(=O)O. The van der Waals surface area contributed by atoms with Crippen molar-refractivity contribution in [2.45, 2.75) is 58.4 Å². The smallest absolute Gasteiger partial charge is 0.326 e. The lowest BCUT2D eigenvalue weighted by atomic mass is 9.89. The third kappa shape index (κ3) is 5.81. The lowest BCUT2D eigenvalue weighted by Gasteiger charge is -2.19. The molecule has 2 amide bonds. The number of hydrogen-bond acceptors (Lipinski definition) is 5. The van der Waals surface area contributed by atoms with E-state index in [0.29, 0.717) is 10.8 Å². The highest BCUT2D eigenvalue weighted by Crippen LogP contribution is 2.25. The Balaban J connectivity index is 1.87. The summed E-state index contributed by atoms with van der Waals surface area (Å²) in [6, 6.07) is -0.920. The molecule has 1 heterocycles. The van der Waals surface area contributed by atoms with Crippen LogP contribution in [0.15, 0.2) is 5.38 Å². The Bertz CT molecular complexity index is 623. The number of aliphatic carboxylic acids is 1. The summed E-state index contributed by atoms with van der Waals surface area (Å²) in [5.41, 5.74) is 0.523. The first-order chi connectivity index (χ1) is 11.9. The van der Waals surface area contributed by atoms with Crippen LogP contribution in [0.2, 0.25) is 0 Å². The molecule has 8 heteroatoms. The summed E-state index contributed by atoms with van der Waals surface area (Å²) in [6.07, 6.45) is 5.18. The zero-order chi connectivity index (χ0) is 18.4. The first-order valence-corrected chi connectivity index (χ1v) is 9.52. The number of amides is 2. The van der Waals surface area contributed by atoms with Gasteiger partial charge < -0.3 is 15.7 Å². The van der Waals surface area contributed by atoms with E-state index in [4.69, 9.17) is 5.11 Å². The molecule has 1 aromatic heterocycles. The number of carbonyl (C=O) groups excluding carboxylic acids is 2. The zero-order valence-corrected chi connectivity index (χ0v) is 15.4. The quantitative estimate of drug-likeness (QED) is 0.686. The van der Waals surface area contributed by atoms with Crippen molar-refractivity contribution in [1.29, 1.82) is 0 Å². The van der Waals surface area contributed by atoms with Crippen LogP contribution in [-0.4, -0.2) is 33.9 Å². The van der Waals surface area contributed by atoms with Crippen molar-refractivity contribution in [2.24, 2.45) is 11.8 Å². The average Bonchev–Trinajstić information content (AvgIpc) is 2.99. The van der Waals surface area contributed by atoms with Crippen molar-refractivity contribution in [3.05, 3.63) is 11.1 Å². The maximum absolute atomic E-state index is 12.2. The minimum absolute atomic E-state index is 0.00389. The Hall–Kier alpha value is -1.96. The first-order valence-electron chi connectivity index (χ1n) is 8.64. The Morgan fingerprint density at radius 2 is 1.96 bits per heavy atom. The minimum atomic E-state index is -1.05. The predicted octanol–water partition coefficient (Wildman–Crippen LogP) is 2.43. The molecule has 0 spiro atoms. The van der Waals surface area contributed by atoms with Gasteiger partial charge in [0.1, 0.15) is 6.04 Å². The number of carboxylic acids is 1. The number of thiazole rings is 1. The third-order valence-electron chi connectivity index (χ3n) is 4.35. The average molecular weight is 367 g/mol. The van der Waals surface area contributed by atoms with Gasteiger partial charge >= 0.3 is 5.97 Å². The van der Waals surface area contributed by atoms with Crippen molar-refractivity contribution in [3.63, 3.8) is 0 Å². The number of nitrogens with zero attached hydrogens (tertiary/aromatic N) is 1. The second-order valence-corrected chi connectivity index (χ2v) is 7.63. The molecule has 25 heavy (non-hydrogen) atoms. The molecule has 1 saturated carbocycles. The van der Waals surface area contributed by atoms with Crippen molar-refractivity contribution >= 4 is 34.3 Å². The highest BCUT2D eigenvalue weighted by atomic mass is 32.1. The van der Waals surface area contributed by atoms with Crippen LogP contribution in [-0.2, 0) is 20.8 Å². The number of hydrogen-bond donors (Lipinski definition) is 3. The molecule has 0 aromatic carbocycles. The summed E-state index contributed by atoms with van der Waals surface area (Å²) >= 11 is 1.28. The number of rotatable bonds is 7. The fourth-order valence-corrected chi connectivity index (χ4v) is 3.63. The van der Waals surface area contributed by atoms with Crippen LogP contribution in [0.5, 0.6) is 0 Å². The largest absolute Gasteiger partial charge is 0.480 e. The predicted molar refractivity (Wildman–Crippen MR) is 95.4 cm³/mol. The molecule has 1 atom stereocenters. The van der Waals surface area contributed by atoms with Crippen LogP contribution >= 0.6 is 11.3 Å². The normalized spacial score (nSPS) is 16.4. The van der Waals surface area contributed by atoms with Gasteiger partial charge in [0.15, 0.2) is 5.13 Å². The highest BCUT2D eigenvalue weighted by molar-refractivity contribution is 7.13. The molecule has 2 rings (SSSR count). The lowest BCUT2D eigenvalue weighted by molar-refractivity contribution is -0.143. The maximum atomic E-state index is 12.2. The molecule has 1 fully saturated rings. The lowest BCUT2D eigenvalue weighted by Crippen LogP contribution is -2.44. The summed E-state index contributed by atoms with van der Waals surface area (Å²) in [4.78, 5) is 39.6. The van der Waals surface area contributed by atoms with E-state index >= 15 is 0 Å². The van der Waals surface area contributed by atoms with Gasteiger partial charge in [-0.3, -0.25) is 9.59 Å². The molecule has 0 aliphatic heterocycles. The van der Waals surface area contributed by atoms with Gasteiger partial charge in [-0.2, -0.15) is 0 Å². The van der Waals surface area contributed by atoms with Gasteiger partial charge in [-0.05, 0) is 18.8 Å². The van der Waals surface area contributed by atoms with E-state index in [1.54, 1.807) is 19.2 Å². The maximum Gasteiger partial charge on any atom is 0.326 e. The second kappa shape index (κ2) is 8.94. The summed E-state index contributed by atoms with van der Waals surface area (Å²) in [6.45, 7) is 3.47. The number of nitrogens with one attached hydrogen (secondary N) is 2. The van der Waals surface area contributed by atoms with Crippen LogP contribution in [0.4, 0.5) is 5.13 Å². The van der Waals surface area contributed by atoms with Gasteiger partial charge in [0.25, 0.3) is 0 Å². The molecule has 7 nitrogen and oxygen atoms in total. The van der Waals surface area contributed by atoms with Gasteiger partial charge in [-0.1, -0.05) is 33.1 Å². The molecule has 1 aliphatic rings. The third-order valence-corrected chi connectivity index (χ3v) is 5.16. The number of anilines is 1. The Labute approximate surface area is 151 Å². The summed E-state index contributed by atoms with van der Waals surface area (Å²) < 4.78 is 0. The van der Waals surface area contributed by atoms with Gasteiger partial charge in [0, 0.05) is 11.3 Å². The molecule has 3 N–H and O–H groups in total. The zero-order valence-electron chi connectivity index (χ0n) is 14.6. The van der Waals surface area contributed by atoms with Gasteiger partial charge in [-0.15, -0.1) is 11.3 Å². The molecule has 1 aliphatic carbocycles. The van der Waals surface area contributed by atoms with Crippen molar-refractivity contribution in [1.82, 2.24) is 10.3 Å². The molecular weight excluding hydrogens is 342 g/mol. The minimum Gasteiger partial charge on any atom is -0.480 e. The van der Waals surface area contributed by atoms with Crippen LogP contribution in [0, 0.1) is 11.8 Å². The fraction of sp³-hybridized carbons (Fsp3) is 0.647. The molecular formula is C17H25N3O4S. The Morgan fingerprint density at radius 1 is 1.28 bits per heavy atom. The highest BCUT2D eigenvalue weighted by Gasteiger charge is 2.24. The number of carboxylic acid groups (broad SMARTS) is 1. The molecule has 1 aromatic rings. The molecule has 1 unspecified atom stereocenters. The van der Waals surface area contributed by atoms with Crippen molar-refractivity contribution in [3.8, 4) is 0 Å². The summed E-state index contributed by atoms with van der Waals surface area (Å²) in [5, 5.41) is 16.6. The van der Waals surface area contributed by atoms with E-state index in [-0.39, 0.29) is 24.2 Å². The first kappa shape index (κ1) is 19.4. The fourth-order valence-electron chi connectivity index (χ4n) is 2.92. The van der Waals surface area contributed by atoms with Gasteiger partial charge in [-0.25, -0.2) is 9.78 Å². The topological polar surface area (TPSA) is 108 Å². The van der Waals surface area contributed by atoms with Gasteiger partial charge in [0.2, 0.25) is 11.8 Å². The van der Waals surface area contributed by atoms with E-state index in [2.05, 4.69) is 15.6 Å². The van der Waals surface area contributed by atoms with E-state index in [1.807, 2.05) is 0 Å². The number of aromatic nitrogens is 1. The summed E-state index contributed by atoms with van der Waals surface area (Å²) in [7, 11) is 0. The molecule has 0 bridgehead atoms. The van der Waals surface area contributed by atoms with E-state index in [0.717, 1.165) is 25.7 Å².